The summed E-state index contributed by atoms with van der Waals surface area (Å²) < 4.78 is 10.7. The van der Waals surface area contributed by atoms with Crippen molar-refractivity contribution < 1.29 is 14.3 Å². The number of thiazole rings is 1. The van der Waals surface area contributed by atoms with Crippen LogP contribution in [0.2, 0.25) is 0 Å². The monoisotopic (exact) mass is 394 g/mol. The van der Waals surface area contributed by atoms with Crippen LogP contribution in [0.5, 0.6) is 11.5 Å². The SMILES string of the molecule is CCOc1ccc(-c2nc3c(s2)CN(C(=O)c2ccc(OC)cc2)CC3)cc1. The molecular weight excluding hydrogens is 372 g/mol. The van der Waals surface area contributed by atoms with Gasteiger partial charge >= 0.3 is 0 Å². The molecule has 0 atom stereocenters. The van der Waals surface area contributed by atoms with E-state index in [-0.39, 0.29) is 5.91 Å². The lowest BCUT2D eigenvalue weighted by atomic mass is 10.1. The second-order valence-electron chi connectivity index (χ2n) is 6.55. The molecule has 0 radical (unpaired) electrons. The van der Waals surface area contributed by atoms with Crippen molar-refractivity contribution in [1.82, 2.24) is 9.88 Å². The van der Waals surface area contributed by atoms with E-state index in [0.717, 1.165) is 39.1 Å². The van der Waals surface area contributed by atoms with E-state index < -0.39 is 0 Å². The predicted molar refractivity (Wildman–Crippen MR) is 110 cm³/mol. The van der Waals surface area contributed by atoms with Gasteiger partial charge in [0, 0.05) is 29.0 Å². The lowest BCUT2D eigenvalue weighted by Crippen LogP contribution is -2.35. The molecule has 1 aliphatic heterocycles. The lowest BCUT2D eigenvalue weighted by molar-refractivity contribution is 0.0736. The number of fused-ring (bicyclic) bond motifs is 1. The maximum Gasteiger partial charge on any atom is 0.254 e. The Morgan fingerprint density at radius 1 is 1.11 bits per heavy atom. The van der Waals surface area contributed by atoms with Gasteiger partial charge in [0.25, 0.3) is 5.91 Å². The minimum absolute atomic E-state index is 0.0457. The van der Waals surface area contributed by atoms with Crippen LogP contribution in [0.15, 0.2) is 48.5 Å². The Morgan fingerprint density at radius 2 is 1.82 bits per heavy atom. The van der Waals surface area contributed by atoms with Gasteiger partial charge < -0.3 is 14.4 Å². The summed E-state index contributed by atoms with van der Waals surface area (Å²) in [5.74, 6) is 1.66. The van der Waals surface area contributed by atoms with E-state index in [4.69, 9.17) is 14.5 Å². The van der Waals surface area contributed by atoms with Crippen molar-refractivity contribution in [2.45, 2.75) is 19.9 Å². The number of methoxy groups -OCH3 is 1. The fourth-order valence-electron chi connectivity index (χ4n) is 3.27. The van der Waals surface area contributed by atoms with Crippen LogP contribution in [-0.2, 0) is 13.0 Å². The highest BCUT2D eigenvalue weighted by molar-refractivity contribution is 7.15. The first-order chi connectivity index (χ1) is 13.7. The number of amides is 1. The molecular formula is C22H22N2O3S. The fourth-order valence-corrected chi connectivity index (χ4v) is 4.40. The van der Waals surface area contributed by atoms with Crippen molar-refractivity contribution in [3.63, 3.8) is 0 Å². The molecule has 3 aromatic rings. The summed E-state index contributed by atoms with van der Waals surface area (Å²) in [6.07, 6.45) is 0.782. The van der Waals surface area contributed by atoms with Gasteiger partial charge in [0.05, 0.1) is 26.0 Å². The summed E-state index contributed by atoms with van der Waals surface area (Å²) in [6, 6.07) is 15.3. The van der Waals surface area contributed by atoms with Gasteiger partial charge in [0.2, 0.25) is 0 Å². The maximum atomic E-state index is 12.8. The van der Waals surface area contributed by atoms with E-state index in [0.29, 0.717) is 25.3 Å². The van der Waals surface area contributed by atoms with Gasteiger partial charge in [0.1, 0.15) is 16.5 Å². The third-order valence-corrected chi connectivity index (χ3v) is 5.90. The summed E-state index contributed by atoms with van der Waals surface area (Å²) in [5, 5.41) is 0.992. The smallest absolute Gasteiger partial charge is 0.254 e. The van der Waals surface area contributed by atoms with Crippen LogP contribution in [0.1, 0.15) is 27.9 Å². The number of benzene rings is 2. The van der Waals surface area contributed by atoms with Crippen molar-refractivity contribution in [2.75, 3.05) is 20.3 Å². The summed E-state index contributed by atoms with van der Waals surface area (Å²) >= 11 is 1.66. The van der Waals surface area contributed by atoms with Gasteiger partial charge in [-0.1, -0.05) is 0 Å². The van der Waals surface area contributed by atoms with E-state index >= 15 is 0 Å². The molecule has 1 amide bonds. The number of rotatable bonds is 5. The highest BCUT2D eigenvalue weighted by Crippen LogP contribution is 2.33. The van der Waals surface area contributed by atoms with Crippen LogP contribution in [0.4, 0.5) is 0 Å². The number of aromatic nitrogens is 1. The van der Waals surface area contributed by atoms with Crippen molar-refractivity contribution >= 4 is 17.2 Å². The van der Waals surface area contributed by atoms with Gasteiger partial charge in [-0.2, -0.15) is 0 Å². The number of hydrogen-bond acceptors (Lipinski definition) is 5. The summed E-state index contributed by atoms with van der Waals surface area (Å²) in [5.41, 5.74) is 2.86. The van der Waals surface area contributed by atoms with Crippen LogP contribution in [0.3, 0.4) is 0 Å². The quantitative estimate of drug-likeness (QED) is 0.643. The lowest BCUT2D eigenvalue weighted by Gasteiger charge is -2.26. The highest BCUT2D eigenvalue weighted by Gasteiger charge is 2.25. The Kier molecular flexibility index (Phi) is 5.30. The van der Waals surface area contributed by atoms with E-state index in [1.807, 2.05) is 60.4 Å². The van der Waals surface area contributed by atoms with Crippen LogP contribution >= 0.6 is 11.3 Å². The van der Waals surface area contributed by atoms with Crippen molar-refractivity contribution in [3.05, 3.63) is 64.7 Å². The molecule has 0 bridgehead atoms. The Bertz CT molecular complexity index is 964. The van der Waals surface area contributed by atoms with Crippen LogP contribution < -0.4 is 9.47 Å². The van der Waals surface area contributed by atoms with Crippen LogP contribution in [0, 0.1) is 0 Å². The molecule has 5 nitrogen and oxygen atoms in total. The normalized spacial score (nSPS) is 13.1. The number of hydrogen-bond donors (Lipinski definition) is 0. The molecule has 144 valence electrons. The van der Waals surface area contributed by atoms with Gasteiger partial charge in [0.15, 0.2) is 0 Å². The second-order valence-corrected chi connectivity index (χ2v) is 7.64. The Balaban J connectivity index is 1.50. The minimum Gasteiger partial charge on any atom is -0.497 e. The summed E-state index contributed by atoms with van der Waals surface area (Å²) in [4.78, 5) is 20.7. The largest absolute Gasteiger partial charge is 0.497 e. The molecule has 1 aromatic heterocycles. The number of nitrogens with zero attached hydrogens (tertiary/aromatic N) is 2. The Labute approximate surface area is 168 Å². The molecule has 0 N–H and O–H groups in total. The molecule has 0 fully saturated rings. The van der Waals surface area contributed by atoms with E-state index in [1.54, 1.807) is 18.4 Å². The molecule has 28 heavy (non-hydrogen) atoms. The first kappa shape index (κ1) is 18.5. The Hall–Kier alpha value is -2.86. The van der Waals surface area contributed by atoms with Gasteiger partial charge in [-0.3, -0.25) is 4.79 Å². The van der Waals surface area contributed by atoms with E-state index in [2.05, 4.69) is 0 Å². The molecule has 0 saturated heterocycles. The average Bonchev–Trinajstić information content (AvgIpc) is 3.17. The molecule has 0 unspecified atom stereocenters. The molecule has 0 aliphatic carbocycles. The zero-order chi connectivity index (χ0) is 19.5. The number of ether oxygens (including phenoxy) is 2. The number of carbonyl (C=O) groups is 1. The summed E-state index contributed by atoms with van der Waals surface area (Å²) in [6.45, 7) is 3.92. The van der Waals surface area contributed by atoms with Gasteiger partial charge in [-0.25, -0.2) is 4.98 Å². The van der Waals surface area contributed by atoms with E-state index in [1.165, 1.54) is 0 Å². The van der Waals surface area contributed by atoms with Crippen LogP contribution in [0.25, 0.3) is 10.6 Å². The van der Waals surface area contributed by atoms with Crippen molar-refractivity contribution in [1.29, 1.82) is 0 Å². The predicted octanol–water partition coefficient (Wildman–Crippen LogP) is 4.42. The van der Waals surface area contributed by atoms with Crippen molar-refractivity contribution in [3.8, 4) is 22.1 Å². The highest BCUT2D eigenvalue weighted by atomic mass is 32.1. The van der Waals surface area contributed by atoms with E-state index in [9.17, 15) is 4.79 Å². The molecule has 0 spiro atoms. The Morgan fingerprint density at radius 3 is 2.50 bits per heavy atom. The van der Waals surface area contributed by atoms with Gasteiger partial charge in [-0.05, 0) is 55.5 Å². The molecule has 6 heteroatoms. The summed E-state index contributed by atoms with van der Waals surface area (Å²) in [7, 11) is 1.62. The first-order valence-corrected chi connectivity index (χ1v) is 10.1. The molecule has 2 heterocycles. The minimum atomic E-state index is 0.0457. The number of carbonyl (C=O) groups excluding carboxylic acids is 1. The first-order valence-electron chi connectivity index (χ1n) is 9.33. The molecule has 4 rings (SSSR count). The average molecular weight is 394 g/mol. The third-order valence-electron chi connectivity index (χ3n) is 4.77. The zero-order valence-electron chi connectivity index (χ0n) is 16.0. The van der Waals surface area contributed by atoms with Crippen LogP contribution in [-0.4, -0.2) is 36.1 Å². The second kappa shape index (κ2) is 8.02. The zero-order valence-corrected chi connectivity index (χ0v) is 16.8. The van der Waals surface area contributed by atoms with Crippen molar-refractivity contribution in [2.24, 2.45) is 0 Å². The molecule has 2 aromatic carbocycles. The van der Waals surface area contributed by atoms with Gasteiger partial charge in [-0.15, -0.1) is 11.3 Å². The molecule has 1 aliphatic rings. The maximum absolute atomic E-state index is 12.8. The standard InChI is InChI=1S/C22H22N2O3S/c1-3-27-18-10-4-15(5-11-18)21-23-19-12-13-24(14-20(19)28-21)22(25)16-6-8-17(26-2)9-7-16/h4-11H,3,12-14H2,1-2H3. The molecule has 0 saturated carbocycles. The topological polar surface area (TPSA) is 51.7 Å². The fraction of sp³-hybridized carbons (Fsp3) is 0.273. The third kappa shape index (κ3) is 3.73.